The molecule has 3 rings (SSSR count). The van der Waals surface area contributed by atoms with Crippen molar-refractivity contribution in [2.45, 2.75) is 103 Å². The quantitative estimate of drug-likeness (QED) is 0.174. The van der Waals surface area contributed by atoms with Crippen LogP contribution >= 0.6 is 0 Å². The Bertz CT molecular complexity index is 800. The Morgan fingerprint density at radius 1 is 0.647 bits per heavy atom. The molecule has 0 saturated carbocycles. The van der Waals surface area contributed by atoms with Crippen LogP contribution in [0.25, 0.3) is 0 Å². The van der Waals surface area contributed by atoms with Crippen molar-refractivity contribution in [1.29, 1.82) is 0 Å². The van der Waals surface area contributed by atoms with E-state index in [1.165, 1.54) is 88.2 Å². The monoisotopic (exact) mass is 458 g/mol. The number of aromatic nitrogens is 2. The van der Waals surface area contributed by atoms with Gasteiger partial charge in [-0.2, -0.15) is 0 Å². The molecule has 0 spiro atoms. The van der Waals surface area contributed by atoms with Crippen LogP contribution in [0.3, 0.4) is 0 Å². The molecular formula is C32H46N2. The SMILES string of the molecule is CCCCCCCCCCCCCC(C(Cc1ccccc1)Cc1ccccc1)n1ccnc1. The highest BCUT2D eigenvalue weighted by molar-refractivity contribution is 5.19. The largest absolute Gasteiger partial charge is 0.334 e. The average Bonchev–Trinajstić information content (AvgIpc) is 3.40. The van der Waals surface area contributed by atoms with E-state index in [-0.39, 0.29) is 0 Å². The van der Waals surface area contributed by atoms with Gasteiger partial charge in [-0.3, -0.25) is 0 Å². The van der Waals surface area contributed by atoms with E-state index >= 15 is 0 Å². The maximum absolute atomic E-state index is 4.41. The predicted molar refractivity (Wildman–Crippen MR) is 146 cm³/mol. The molecule has 2 aromatic carbocycles. The van der Waals surface area contributed by atoms with Gasteiger partial charge in [-0.15, -0.1) is 0 Å². The Hall–Kier alpha value is -2.35. The van der Waals surface area contributed by atoms with E-state index in [2.05, 4.69) is 83.3 Å². The highest BCUT2D eigenvalue weighted by Crippen LogP contribution is 2.31. The average molecular weight is 459 g/mol. The summed E-state index contributed by atoms with van der Waals surface area (Å²) in [6.45, 7) is 2.29. The molecule has 0 bridgehead atoms. The molecule has 34 heavy (non-hydrogen) atoms. The van der Waals surface area contributed by atoms with Gasteiger partial charge in [0.2, 0.25) is 0 Å². The van der Waals surface area contributed by atoms with Crippen molar-refractivity contribution in [3.8, 4) is 0 Å². The summed E-state index contributed by atoms with van der Waals surface area (Å²) in [5.41, 5.74) is 2.87. The lowest BCUT2D eigenvalue weighted by Gasteiger charge is -2.29. The number of unbranched alkanes of at least 4 members (excludes halogenated alkanes) is 10. The first-order chi connectivity index (χ1) is 16.9. The van der Waals surface area contributed by atoms with E-state index < -0.39 is 0 Å². The van der Waals surface area contributed by atoms with Crippen molar-refractivity contribution >= 4 is 0 Å². The molecule has 1 aromatic heterocycles. The van der Waals surface area contributed by atoms with E-state index in [1.54, 1.807) is 0 Å². The van der Waals surface area contributed by atoms with Crippen LogP contribution in [0.1, 0.15) is 101 Å². The Kier molecular flexibility index (Phi) is 12.6. The highest BCUT2D eigenvalue weighted by atomic mass is 15.1. The second-order valence-electron chi connectivity index (χ2n) is 10.0. The smallest absolute Gasteiger partial charge is 0.0948 e. The molecule has 2 nitrogen and oxygen atoms in total. The molecular weight excluding hydrogens is 412 g/mol. The number of rotatable bonds is 18. The van der Waals surface area contributed by atoms with Crippen molar-refractivity contribution in [2.24, 2.45) is 5.92 Å². The van der Waals surface area contributed by atoms with E-state index in [0.717, 1.165) is 12.8 Å². The van der Waals surface area contributed by atoms with Crippen LogP contribution in [0, 0.1) is 5.92 Å². The number of imidazole rings is 1. The summed E-state index contributed by atoms with van der Waals surface area (Å²) < 4.78 is 2.38. The molecule has 1 unspecified atom stereocenters. The fraction of sp³-hybridized carbons (Fsp3) is 0.531. The maximum Gasteiger partial charge on any atom is 0.0948 e. The molecule has 0 aliphatic carbocycles. The van der Waals surface area contributed by atoms with Crippen LogP contribution < -0.4 is 0 Å². The molecule has 0 aliphatic rings. The van der Waals surface area contributed by atoms with Gasteiger partial charge >= 0.3 is 0 Å². The van der Waals surface area contributed by atoms with Gasteiger partial charge in [0.05, 0.1) is 6.33 Å². The van der Waals surface area contributed by atoms with Gasteiger partial charge in [-0.25, -0.2) is 4.98 Å². The minimum Gasteiger partial charge on any atom is -0.334 e. The third-order valence-corrected chi connectivity index (χ3v) is 7.24. The summed E-state index contributed by atoms with van der Waals surface area (Å²) in [5, 5.41) is 0. The fourth-order valence-electron chi connectivity index (χ4n) is 5.29. The first-order valence-electron chi connectivity index (χ1n) is 13.9. The van der Waals surface area contributed by atoms with Crippen LogP contribution in [0.2, 0.25) is 0 Å². The molecule has 0 radical (unpaired) electrons. The second-order valence-corrected chi connectivity index (χ2v) is 10.0. The predicted octanol–water partition coefficient (Wildman–Crippen LogP) is 9.23. The van der Waals surface area contributed by atoms with Gasteiger partial charge in [0.15, 0.2) is 0 Å². The lowest BCUT2D eigenvalue weighted by molar-refractivity contribution is 0.295. The van der Waals surface area contributed by atoms with Crippen LogP contribution in [0.4, 0.5) is 0 Å². The highest BCUT2D eigenvalue weighted by Gasteiger charge is 2.23. The zero-order chi connectivity index (χ0) is 23.7. The number of benzene rings is 2. The summed E-state index contributed by atoms with van der Waals surface area (Å²) >= 11 is 0. The Morgan fingerprint density at radius 3 is 1.62 bits per heavy atom. The third-order valence-electron chi connectivity index (χ3n) is 7.24. The van der Waals surface area contributed by atoms with Gasteiger partial charge in [-0.1, -0.05) is 138 Å². The standard InChI is InChI=1S/C32H46N2/c1-2-3-4-5-6-7-8-9-10-11-18-23-32(34-25-24-33-28-34)31(26-29-19-14-12-15-20-29)27-30-21-16-13-17-22-30/h12-17,19-22,24-25,28,31-32H,2-11,18,23,26-27H2,1H3. The number of hydrogen-bond acceptors (Lipinski definition) is 1. The zero-order valence-electron chi connectivity index (χ0n) is 21.5. The topological polar surface area (TPSA) is 17.8 Å². The number of hydrogen-bond donors (Lipinski definition) is 0. The van der Waals surface area contributed by atoms with Gasteiger partial charge in [0.25, 0.3) is 0 Å². The summed E-state index contributed by atoms with van der Waals surface area (Å²) in [6.07, 6.45) is 24.9. The summed E-state index contributed by atoms with van der Waals surface area (Å²) in [4.78, 5) is 4.41. The van der Waals surface area contributed by atoms with E-state index in [9.17, 15) is 0 Å². The molecule has 1 heterocycles. The normalized spacial score (nSPS) is 12.3. The minimum absolute atomic E-state index is 0.487. The van der Waals surface area contributed by atoms with Crippen LogP contribution in [0.15, 0.2) is 79.4 Å². The van der Waals surface area contributed by atoms with Gasteiger partial charge in [0, 0.05) is 18.4 Å². The molecule has 0 aliphatic heterocycles. The number of nitrogens with zero attached hydrogens (tertiary/aromatic N) is 2. The molecule has 0 N–H and O–H groups in total. The molecule has 2 heteroatoms. The summed E-state index contributed by atoms with van der Waals surface area (Å²) in [7, 11) is 0. The van der Waals surface area contributed by atoms with Crippen molar-refractivity contribution in [3.05, 3.63) is 90.5 Å². The molecule has 3 aromatic rings. The molecule has 184 valence electrons. The Morgan fingerprint density at radius 2 is 1.15 bits per heavy atom. The Balaban J connectivity index is 1.52. The maximum atomic E-state index is 4.41. The fourth-order valence-corrected chi connectivity index (χ4v) is 5.29. The van der Waals surface area contributed by atoms with Crippen molar-refractivity contribution in [3.63, 3.8) is 0 Å². The van der Waals surface area contributed by atoms with Gasteiger partial charge in [-0.05, 0) is 36.3 Å². The summed E-state index contributed by atoms with van der Waals surface area (Å²) in [6, 6.07) is 22.5. The third kappa shape index (κ3) is 9.87. The van der Waals surface area contributed by atoms with Crippen molar-refractivity contribution < 1.29 is 0 Å². The van der Waals surface area contributed by atoms with E-state index in [4.69, 9.17) is 0 Å². The van der Waals surface area contributed by atoms with Crippen molar-refractivity contribution in [1.82, 2.24) is 9.55 Å². The van der Waals surface area contributed by atoms with Gasteiger partial charge in [0.1, 0.15) is 0 Å². The van der Waals surface area contributed by atoms with Gasteiger partial charge < -0.3 is 4.57 Å². The van der Waals surface area contributed by atoms with E-state index in [1.807, 2.05) is 12.5 Å². The summed E-state index contributed by atoms with van der Waals surface area (Å²) in [5.74, 6) is 0.558. The molecule has 1 atom stereocenters. The minimum atomic E-state index is 0.487. The van der Waals surface area contributed by atoms with Crippen LogP contribution in [-0.2, 0) is 12.8 Å². The lowest BCUT2D eigenvalue weighted by Crippen LogP contribution is -2.23. The van der Waals surface area contributed by atoms with E-state index in [0.29, 0.717) is 12.0 Å². The lowest BCUT2D eigenvalue weighted by atomic mass is 9.84. The van der Waals surface area contributed by atoms with Crippen molar-refractivity contribution in [2.75, 3.05) is 0 Å². The zero-order valence-corrected chi connectivity index (χ0v) is 21.5. The molecule has 0 saturated heterocycles. The first kappa shape index (κ1) is 26.3. The van der Waals surface area contributed by atoms with Crippen LogP contribution in [0.5, 0.6) is 0 Å². The second kappa shape index (κ2) is 16.3. The molecule has 0 fully saturated rings. The Labute approximate surface area is 208 Å². The first-order valence-corrected chi connectivity index (χ1v) is 13.9. The molecule has 0 amide bonds. The van der Waals surface area contributed by atoms with Crippen LogP contribution in [-0.4, -0.2) is 9.55 Å².